The summed E-state index contributed by atoms with van der Waals surface area (Å²) in [5.41, 5.74) is 2.73. The molecule has 0 aliphatic heterocycles. The van der Waals surface area contributed by atoms with Gasteiger partial charge in [0.05, 0.1) is 5.69 Å². The molecule has 0 aromatic heterocycles. The summed E-state index contributed by atoms with van der Waals surface area (Å²) in [7, 11) is 3.20. The molecule has 27 heavy (non-hydrogen) atoms. The number of ether oxygens (including phenoxy) is 1. The van der Waals surface area contributed by atoms with Gasteiger partial charge >= 0.3 is 0 Å². The fourth-order valence-electron chi connectivity index (χ4n) is 1.96. The van der Waals surface area contributed by atoms with E-state index in [1.165, 1.54) is 24.2 Å². The standard InChI is InChI=1S/C15H17FN2O2.C2H6N2O.C2H6/c1-10-4-3-5-14(18(2)17)12(10)9-20-15-7-6-11(19)8-13(15)16;1-4(3)2-5;1-2/h3-8,19H,9,17H2,1-2H3;2H,3H2,1H3;1-2H3. The maximum Gasteiger partial charge on any atom is 0.223 e. The first-order valence-electron chi connectivity index (χ1n) is 8.37. The minimum Gasteiger partial charge on any atom is -0.508 e. The molecule has 0 spiro atoms. The first-order valence-corrected chi connectivity index (χ1v) is 8.37. The number of benzene rings is 2. The van der Waals surface area contributed by atoms with Crippen molar-refractivity contribution in [2.45, 2.75) is 27.4 Å². The Hall–Kier alpha value is -2.84. The minimum atomic E-state index is -0.596. The number of amides is 1. The molecule has 2 rings (SSSR count). The lowest BCUT2D eigenvalue weighted by Gasteiger charge is -2.19. The zero-order valence-electron chi connectivity index (χ0n) is 16.4. The number of halogens is 1. The van der Waals surface area contributed by atoms with Gasteiger partial charge in [0.25, 0.3) is 0 Å². The number of aryl methyl sites for hydroxylation is 1. The van der Waals surface area contributed by atoms with Gasteiger partial charge in [0.2, 0.25) is 6.41 Å². The number of carbonyl (C=O) groups excluding carboxylic acids is 1. The summed E-state index contributed by atoms with van der Waals surface area (Å²) >= 11 is 0. The van der Waals surface area contributed by atoms with Crippen LogP contribution in [0.4, 0.5) is 10.1 Å². The SMILES string of the molecule is CC.CN(N)C=O.Cc1cccc(N(C)N)c1COc1ccc(O)cc1F. The van der Waals surface area contributed by atoms with Gasteiger partial charge in [0.1, 0.15) is 12.4 Å². The fourth-order valence-corrected chi connectivity index (χ4v) is 1.96. The Morgan fingerprint density at radius 3 is 2.26 bits per heavy atom. The third-order valence-electron chi connectivity index (χ3n) is 3.22. The van der Waals surface area contributed by atoms with E-state index in [2.05, 4.69) is 0 Å². The maximum absolute atomic E-state index is 13.6. The van der Waals surface area contributed by atoms with Crippen LogP contribution in [0.15, 0.2) is 36.4 Å². The molecule has 0 unspecified atom stereocenters. The topological polar surface area (TPSA) is 105 Å². The Morgan fingerprint density at radius 2 is 1.78 bits per heavy atom. The molecule has 0 aliphatic carbocycles. The number of carbonyl (C=O) groups is 1. The Kier molecular flexibility index (Phi) is 11.2. The molecule has 0 atom stereocenters. The van der Waals surface area contributed by atoms with Crippen LogP contribution >= 0.6 is 0 Å². The molecule has 8 heteroatoms. The van der Waals surface area contributed by atoms with Gasteiger partial charge in [-0.1, -0.05) is 26.0 Å². The van der Waals surface area contributed by atoms with Crippen LogP contribution in [-0.4, -0.2) is 30.6 Å². The molecule has 150 valence electrons. The average Bonchev–Trinajstić information content (AvgIpc) is 2.63. The van der Waals surface area contributed by atoms with Crippen molar-refractivity contribution in [2.24, 2.45) is 11.7 Å². The summed E-state index contributed by atoms with van der Waals surface area (Å²) < 4.78 is 19.1. The lowest BCUT2D eigenvalue weighted by molar-refractivity contribution is -0.117. The van der Waals surface area contributed by atoms with Gasteiger partial charge in [-0.25, -0.2) is 16.1 Å². The molecule has 0 saturated heterocycles. The van der Waals surface area contributed by atoms with Gasteiger partial charge in [-0.15, -0.1) is 0 Å². The van der Waals surface area contributed by atoms with E-state index in [-0.39, 0.29) is 18.1 Å². The molecular formula is C19H29FN4O3. The fraction of sp³-hybridized carbons (Fsp3) is 0.316. The number of phenolic OH excluding ortho intramolecular Hbond substituents is 1. The van der Waals surface area contributed by atoms with E-state index in [0.29, 0.717) is 6.41 Å². The van der Waals surface area contributed by atoms with E-state index in [1.54, 1.807) is 7.05 Å². The molecule has 0 aliphatic rings. The van der Waals surface area contributed by atoms with Crippen molar-refractivity contribution in [3.05, 3.63) is 53.3 Å². The van der Waals surface area contributed by atoms with E-state index < -0.39 is 5.82 Å². The van der Waals surface area contributed by atoms with Gasteiger partial charge in [0, 0.05) is 25.7 Å². The molecule has 2 aromatic carbocycles. The highest BCUT2D eigenvalue weighted by atomic mass is 19.1. The monoisotopic (exact) mass is 380 g/mol. The van der Waals surface area contributed by atoms with Crippen molar-refractivity contribution in [3.8, 4) is 11.5 Å². The van der Waals surface area contributed by atoms with Crippen molar-refractivity contribution in [3.63, 3.8) is 0 Å². The number of aromatic hydroxyl groups is 1. The Morgan fingerprint density at radius 1 is 1.19 bits per heavy atom. The number of rotatable bonds is 5. The molecule has 0 saturated carbocycles. The molecule has 0 fully saturated rings. The first kappa shape index (κ1) is 24.2. The van der Waals surface area contributed by atoms with Gasteiger partial charge < -0.3 is 14.9 Å². The molecule has 0 bridgehead atoms. The summed E-state index contributed by atoms with van der Waals surface area (Å²) in [6, 6.07) is 9.51. The summed E-state index contributed by atoms with van der Waals surface area (Å²) in [4.78, 5) is 9.31. The third-order valence-corrected chi connectivity index (χ3v) is 3.22. The molecule has 2 aromatic rings. The van der Waals surface area contributed by atoms with E-state index in [4.69, 9.17) is 21.5 Å². The molecular weight excluding hydrogens is 351 g/mol. The number of nitrogens with zero attached hydrogens (tertiary/aromatic N) is 2. The van der Waals surface area contributed by atoms with E-state index in [0.717, 1.165) is 27.9 Å². The Balaban J connectivity index is 0.000000838. The van der Waals surface area contributed by atoms with Crippen LogP contribution in [0, 0.1) is 12.7 Å². The summed E-state index contributed by atoms with van der Waals surface area (Å²) in [6.07, 6.45) is 0.528. The highest BCUT2D eigenvalue weighted by Crippen LogP contribution is 2.26. The Bertz CT molecular complexity index is 709. The van der Waals surface area contributed by atoms with Gasteiger partial charge in [-0.2, -0.15) is 0 Å². The number of nitrogens with two attached hydrogens (primary N) is 2. The number of hydrogen-bond donors (Lipinski definition) is 3. The van der Waals surface area contributed by atoms with Crippen LogP contribution < -0.4 is 21.4 Å². The van der Waals surface area contributed by atoms with Crippen molar-refractivity contribution in [2.75, 3.05) is 19.1 Å². The highest BCUT2D eigenvalue weighted by Gasteiger charge is 2.10. The van der Waals surface area contributed by atoms with Crippen molar-refractivity contribution in [1.29, 1.82) is 0 Å². The minimum absolute atomic E-state index is 0.0941. The van der Waals surface area contributed by atoms with Crippen molar-refractivity contribution < 1.29 is 19.0 Å². The van der Waals surface area contributed by atoms with Crippen LogP contribution in [0.3, 0.4) is 0 Å². The van der Waals surface area contributed by atoms with Crippen LogP contribution in [0.1, 0.15) is 25.0 Å². The summed E-state index contributed by atoms with van der Waals surface area (Å²) in [5.74, 6) is 9.90. The van der Waals surface area contributed by atoms with Crippen molar-refractivity contribution >= 4 is 12.1 Å². The summed E-state index contributed by atoms with van der Waals surface area (Å²) in [6.45, 7) is 6.14. The van der Waals surface area contributed by atoms with Gasteiger partial charge in [-0.05, 0) is 30.7 Å². The predicted molar refractivity (Wildman–Crippen MR) is 106 cm³/mol. The first-order chi connectivity index (χ1) is 12.8. The normalized spacial score (nSPS) is 9.19. The second kappa shape index (κ2) is 12.5. The average molecular weight is 380 g/mol. The van der Waals surface area contributed by atoms with Crippen molar-refractivity contribution in [1.82, 2.24) is 5.01 Å². The molecule has 0 radical (unpaired) electrons. The second-order valence-electron chi connectivity index (χ2n) is 5.36. The second-order valence-corrected chi connectivity index (χ2v) is 5.36. The lowest BCUT2D eigenvalue weighted by Crippen LogP contribution is -2.26. The Labute approximate surface area is 159 Å². The zero-order chi connectivity index (χ0) is 21.0. The maximum atomic E-state index is 13.6. The number of hydrogen-bond acceptors (Lipinski definition) is 6. The van der Waals surface area contributed by atoms with E-state index in [9.17, 15) is 9.18 Å². The van der Waals surface area contributed by atoms with Gasteiger partial charge in [0.15, 0.2) is 11.6 Å². The molecule has 0 heterocycles. The van der Waals surface area contributed by atoms with Crippen LogP contribution in [0.2, 0.25) is 0 Å². The van der Waals surface area contributed by atoms with E-state index in [1.807, 2.05) is 39.0 Å². The number of hydrazine groups is 2. The number of anilines is 1. The van der Waals surface area contributed by atoms with Crippen LogP contribution in [0.5, 0.6) is 11.5 Å². The smallest absolute Gasteiger partial charge is 0.223 e. The van der Waals surface area contributed by atoms with Gasteiger partial charge in [-0.3, -0.25) is 9.80 Å². The highest BCUT2D eigenvalue weighted by molar-refractivity contribution is 5.55. The third kappa shape index (κ3) is 8.39. The largest absolute Gasteiger partial charge is 0.508 e. The van der Waals surface area contributed by atoms with Crippen LogP contribution in [0.25, 0.3) is 0 Å². The zero-order valence-corrected chi connectivity index (χ0v) is 16.4. The molecule has 5 N–H and O–H groups in total. The quantitative estimate of drug-likeness (QED) is 0.319. The summed E-state index contributed by atoms with van der Waals surface area (Å²) in [5, 5.41) is 11.6. The molecule has 7 nitrogen and oxygen atoms in total. The molecule has 1 amide bonds. The number of phenols is 1. The predicted octanol–water partition coefficient (Wildman–Crippen LogP) is 2.70. The lowest BCUT2D eigenvalue weighted by atomic mass is 10.1. The van der Waals surface area contributed by atoms with E-state index >= 15 is 0 Å². The van der Waals surface area contributed by atoms with Crippen LogP contribution in [-0.2, 0) is 11.4 Å².